The van der Waals surface area contributed by atoms with Crippen molar-refractivity contribution in [2.24, 2.45) is 5.92 Å². The van der Waals surface area contributed by atoms with Crippen LogP contribution in [0.2, 0.25) is 0 Å². The average Bonchev–Trinajstić information content (AvgIpc) is 3.31. The van der Waals surface area contributed by atoms with E-state index in [1.165, 1.54) is 11.8 Å². The van der Waals surface area contributed by atoms with Crippen LogP contribution in [0.1, 0.15) is 24.1 Å². The Balaban J connectivity index is 1.55. The third-order valence-electron chi connectivity index (χ3n) is 5.96. The lowest BCUT2D eigenvalue weighted by Gasteiger charge is -2.29. The maximum atomic E-state index is 13.6. The van der Waals surface area contributed by atoms with E-state index in [1.807, 2.05) is 67.6 Å². The number of amides is 3. The Bertz CT molecular complexity index is 1230. The van der Waals surface area contributed by atoms with Gasteiger partial charge in [0.15, 0.2) is 6.10 Å². The van der Waals surface area contributed by atoms with Gasteiger partial charge in [0.05, 0.1) is 17.4 Å². The first kappa shape index (κ1) is 20.9. The molecule has 0 aromatic heterocycles. The van der Waals surface area contributed by atoms with Crippen molar-refractivity contribution >= 4 is 34.8 Å². The minimum Gasteiger partial charge on any atom is -0.326 e. The van der Waals surface area contributed by atoms with Gasteiger partial charge in [-0.1, -0.05) is 42.5 Å². The highest BCUT2D eigenvalue weighted by atomic mass is 16.7. The van der Waals surface area contributed by atoms with Crippen LogP contribution in [0.25, 0.3) is 0 Å². The molecule has 33 heavy (non-hydrogen) atoms. The minimum absolute atomic E-state index is 0.164. The predicted molar refractivity (Wildman–Crippen MR) is 124 cm³/mol. The summed E-state index contributed by atoms with van der Waals surface area (Å²) in [5.41, 5.74) is 3.73. The molecule has 0 saturated carbocycles. The summed E-state index contributed by atoms with van der Waals surface area (Å²) in [7, 11) is 0. The van der Waals surface area contributed by atoms with Crippen molar-refractivity contribution in [2.75, 3.05) is 15.3 Å². The molecule has 2 saturated heterocycles. The number of rotatable bonds is 4. The third kappa shape index (κ3) is 3.66. The van der Waals surface area contributed by atoms with Gasteiger partial charge >= 0.3 is 0 Å². The van der Waals surface area contributed by atoms with Gasteiger partial charge in [-0.3, -0.25) is 19.2 Å². The van der Waals surface area contributed by atoms with Crippen molar-refractivity contribution in [2.45, 2.75) is 26.0 Å². The van der Waals surface area contributed by atoms with Gasteiger partial charge in [0.1, 0.15) is 5.92 Å². The van der Waals surface area contributed by atoms with Gasteiger partial charge < -0.3 is 5.32 Å². The summed E-state index contributed by atoms with van der Waals surface area (Å²) in [5, 5.41) is 4.41. The summed E-state index contributed by atoms with van der Waals surface area (Å²) >= 11 is 0. The largest absolute Gasteiger partial charge is 0.326 e. The summed E-state index contributed by atoms with van der Waals surface area (Å²) in [6.07, 6.45) is -0.918. The lowest BCUT2D eigenvalue weighted by atomic mass is 9.90. The fraction of sp³-hybridized carbons (Fsp3) is 0.192. The highest BCUT2D eigenvalue weighted by Crippen LogP contribution is 2.47. The number of hydrogen-bond acceptors (Lipinski definition) is 5. The molecule has 3 aromatic rings. The van der Waals surface area contributed by atoms with Crippen LogP contribution in [0.3, 0.4) is 0 Å². The van der Waals surface area contributed by atoms with Crippen molar-refractivity contribution in [3.63, 3.8) is 0 Å². The SMILES string of the molecule is CC(=O)Nc1ccc([C@H]2[C@H]3C(=O)N(c4cccc(C)c4)C(=O)[C@H]3ON2c2ccccc2)cc1. The van der Waals surface area contributed by atoms with Crippen molar-refractivity contribution in [1.29, 1.82) is 0 Å². The monoisotopic (exact) mass is 441 g/mol. The van der Waals surface area contributed by atoms with E-state index in [2.05, 4.69) is 5.32 Å². The molecule has 7 nitrogen and oxygen atoms in total. The first-order valence-electron chi connectivity index (χ1n) is 10.8. The third-order valence-corrected chi connectivity index (χ3v) is 5.96. The molecule has 0 unspecified atom stereocenters. The molecule has 3 atom stereocenters. The number of hydrogen-bond donors (Lipinski definition) is 1. The second kappa shape index (κ2) is 8.18. The van der Waals surface area contributed by atoms with Crippen LogP contribution in [-0.2, 0) is 19.2 Å². The van der Waals surface area contributed by atoms with E-state index in [9.17, 15) is 14.4 Å². The highest BCUT2D eigenvalue weighted by Gasteiger charge is 2.60. The first-order valence-corrected chi connectivity index (χ1v) is 10.8. The number of benzene rings is 3. The number of anilines is 3. The normalized spacial score (nSPS) is 21.9. The molecule has 7 heteroatoms. The zero-order valence-corrected chi connectivity index (χ0v) is 18.3. The Morgan fingerprint density at radius 3 is 2.24 bits per heavy atom. The summed E-state index contributed by atoms with van der Waals surface area (Å²) in [6, 6.07) is 23.5. The lowest BCUT2D eigenvalue weighted by molar-refractivity contribution is -0.126. The van der Waals surface area contributed by atoms with Crippen LogP contribution in [0.4, 0.5) is 17.1 Å². The number of carbonyl (C=O) groups excluding carboxylic acids is 3. The molecular weight excluding hydrogens is 418 g/mol. The molecule has 5 rings (SSSR count). The number of carbonyl (C=O) groups is 3. The number of imide groups is 1. The predicted octanol–water partition coefficient (Wildman–Crippen LogP) is 4.00. The van der Waals surface area contributed by atoms with Gasteiger partial charge in [-0.2, -0.15) is 0 Å². The van der Waals surface area contributed by atoms with Gasteiger partial charge in [-0.15, -0.1) is 0 Å². The number of hydroxylamine groups is 1. The molecular formula is C26H23N3O4. The number of para-hydroxylation sites is 1. The number of nitrogens with zero attached hydrogens (tertiary/aromatic N) is 2. The Kier molecular flexibility index (Phi) is 5.18. The second-order valence-electron chi connectivity index (χ2n) is 8.31. The second-order valence-corrected chi connectivity index (χ2v) is 8.31. The van der Waals surface area contributed by atoms with Gasteiger partial charge in [0.25, 0.3) is 5.91 Å². The van der Waals surface area contributed by atoms with Gasteiger partial charge in [0, 0.05) is 12.6 Å². The summed E-state index contributed by atoms with van der Waals surface area (Å²) < 4.78 is 0. The Hall–Kier alpha value is -3.97. The molecule has 2 aliphatic heterocycles. The standard InChI is InChI=1S/C26H23N3O4/c1-16-7-6-10-21(15-16)28-25(31)22-23(18-11-13-19(14-12-18)27-17(2)30)29(33-24(22)26(28)32)20-8-4-3-5-9-20/h3-15,22-24H,1-2H3,(H,27,30)/t22-,23+,24+/m1/s1. The summed E-state index contributed by atoms with van der Waals surface area (Å²) in [5.74, 6) is -1.52. The molecule has 0 bridgehead atoms. The van der Waals surface area contributed by atoms with Gasteiger partial charge in [-0.25, -0.2) is 9.96 Å². The van der Waals surface area contributed by atoms with Crippen molar-refractivity contribution in [1.82, 2.24) is 0 Å². The van der Waals surface area contributed by atoms with E-state index < -0.39 is 18.1 Å². The first-order chi connectivity index (χ1) is 15.9. The smallest absolute Gasteiger partial charge is 0.266 e. The van der Waals surface area contributed by atoms with E-state index in [-0.39, 0.29) is 17.7 Å². The van der Waals surface area contributed by atoms with Crippen LogP contribution < -0.4 is 15.3 Å². The molecule has 2 heterocycles. The molecule has 2 fully saturated rings. The highest BCUT2D eigenvalue weighted by molar-refractivity contribution is 6.24. The Morgan fingerprint density at radius 2 is 1.58 bits per heavy atom. The van der Waals surface area contributed by atoms with Crippen molar-refractivity contribution in [3.05, 3.63) is 90.0 Å². The maximum Gasteiger partial charge on any atom is 0.266 e. The van der Waals surface area contributed by atoms with E-state index in [0.717, 1.165) is 16.8 Å². The van der Waals surface area contributed by atoms with Crippen molar-refractivity contribution in [3.8, 4) is 0 Å². The fourth-order valence-corrected chi connectivity index (χ4v) is 4.54. The summed E-state index contributed by atoms with van der Waals surface area (Å²) in [4.78, 5) is 45.7. The van der Waals surface area contributed by atoms with Gasteiger partial charge in [-0.05, 0) is 54.4 Å². The number of fused-ring (bicyclic) bond motifs is 1. The van der Waals surface area contributed by atoms with Crippen LogP contribution in [-0.4, -0.2) is 23.8 Å². The zero-order valence-electron chi connectivity index (χ0n) is 18.3. The van der Waals surface area contributed by atoms with Crippen LogP contribution in [0, 0.1) is 12.8 Å². The van der Waals surface area contributed by atoms with Crippen LogP contribution >= 0.6 is 0 Å². The zero-order chi connectivity index (χ0) is 23.1. The van der Waals surface area contributed by atoms with E-state index in [4.69, 9.17) is 4.84 Å². The molecule has 3 aromatic carbocycles. The summed E-state index contributed by atoms with van der Waals surface area (Å²) in [6.45, 7) is 3.37. The van der Waals surface area contributed by atoms with Gasteiger partial charge in [0.2, 0.25) is 11.8 Å². The molecule has 2 aliphatic rings. The minimum atomic E-state index is -0.918. The average molecular weight is 441 g/mol. The molecule has 0 spiro atoms. The molecule has 0 radical (unpaired) electrons. The van der Waals surface area contributed by atoms with Crippen LogP contribution in [0.5, 0.6) is 0 Å². The topological polar surface area (TPSA) is 79.0 Å². The number of aryl methyl sites for hydroxylation is 1. The Morgan fingerprint density at radius 1 is 0.879 bits per heavy atom. The molecule has 0 aliphatic carbocycles. The van der Waals surface area contributed by atoms with E-state index in [0.29, 0.717) is 11.4 Å². The molecule has 1 N–H and O–H groups in total. The molecule has 166 valence electrons. The van der Waals surface area contributed by atoms with Crippen molar-refractivity contribution < 1.29 is 19.2 Å². The lowest BCUT2D eigenvalue weighted by Crippen LogP contribution is -2.37. The quantitative estimate of drug-likeness (QED) is 0.619. The number of nitrogens with one attached hydrogen (secondary N) is 1. The maximum absolute atomic E-state index is 13.6. The molecule has 3 amide bonds. The Labute approximate surface area is 191 Å². The van der Waals surface area contributed by atoms with E-state index >= 15 is 0 Å². The van der Waals surface area contributed by atoms with E-state index in [1.54, 1.807) is 23.3 Å². The van der Waals surface area contributed by atoms with Crippen LogP contribution in [0.15, 0.2) is 78.9 Å². The fourth-order valence-electron chi connectivity index (χ4n) is 4.54.